The van der Waals surface area contributed by atoms with Crippen LogP contribution in [0.25, 0.3) is 22.5 Å². The van der Waals surface area contributed by atoms with Crippen LogP contribution in [0.15, 0.2) is 34.7 Å². The first kappa shape index (κ1) is 18.2. The van der Waals surface area contributed by atoms with Crippen molar-refractivity contribution in [3.8, 4) is 11.6 Å². The van der Waals surface area contributed by atoms with Crippen LogP contribution in [-0.4, -0.2) is 38.7 Å². The number of para-hydroxylation sites is 1. The first-order valence-corrected chi connectivity index (χ1v) is 9.22. The van der Waals surface area contributed by atoms with Crippen molar-refractivity contribution in [3.63, 3.8) is 0 Å². The van der Waals surface area contributed by atoms with Crippen molar-refractivity contribution in [2.45, 2.75) is 40.7 Å². The van der Waals surface area contributed by atoms with Crippen molar-refractivity contribution < 1.29 is 9.21 Å². The Kier molecular flexibility index (Phi) is 5.40. The number of hydrogen-bond donors (Lipinski definition) is 0. The number of likely N-dealkylation sites (N-methyl/N-ethyl adjacent to an activating group) is 1. The summed E-state index contributed by atoms with van der Waals surface area (Å²) in [4.78, 5) is 14.5. The summed E-state index contributed by atoms with van der Waals surface area (Å²) in [5.41, 5.74) is 1.78. The van der Waals surface area contributed by atoms with E-state index in [1.54, 1.807) is 0 Å². The van der Waals surface area contributed by atoms with E-state index in [0.29, 0.717) is 30.8 Å². The van der Waals surface area contributed by atoms with Crippen molar-refractivity contribution >= 4 is 16.8 Å². The van der Waals surface area contributed by atoms with Crippen molar-refractivity contribution in [3.05, 3.63) is 36.2 Å². The van der Waals surface area contributed by atoms with Gasteiger partial charge in [0.25, 0.3) is 5.89 Å². The van der Waals surface area contributed by atoms with Gasteiger partial charge in [0.15, 0.2) is 0 Å². The average Bonchev–Trinajstić information content (AvgIpc) is 3.20. The normalized spacial score (nSPS) is 11.4. The second-order valence-electron chi connectivity index (χ2n) is 6.84. The maximum atomic E-state index is 12.7. The van der Waals surface area contributed by atoms with Gasteiger partial charge in [-0.1, -0.05) is 32.0 Å². The minimum Gasteiger partial charge on any atom is -0.419 e. The minimum absolute atomic E-state index is 0.0829. The smallest absolute Gasteiger partial charge is 0.264 e. The summed E-state index contributed by atoms with van der Waals surface area (Å²) >= 11 is 0. The fourth-order valence-electron chi connectivity index (χ4n) is 3.16. The number of hydrogen-bond acceptors (Lipinski definition) is 4. The summed E-state index contributed by atoms with van der Waals surface area (Å²) in [5, 5.41) is 9.44. The maximum absolute atomic E-state index is 12.7. The topological polar surface area (TPSA) is 64.2 Å². The molecule has 0 N–H and O–H groups in total. The molecule has 0 aliphatic rings. The zero-order valence-electron chi connectivity index (χ0n) is 15.9. The van der Waals surface area contributed by atoms with E-state index in [0.717, 1.165) is 23.0 Å². The van der Waals surface area contributed by atoms with Crippen molar-refractivity contribution in [2.75, 3.05) is 13.1 Å². The van der Waals surface area contributed by atoms with Crippen molar-refractivity contribution in [2.24, 2.45) is 5.92 Å². The molecule has 1 aromatic carbocycles. The van der Waals surface area contributed by atoms with Crippen LogP contribution in [0.2, 0.25) is 0 Å². The van der Waals surface area contributed by atoms with E-state index >= 15 is 0 Å². The van der Waals surface area contributed by atoms with Gasteiger partial charge in [-0.15, -0.1) is 10.2 Å². The largest absolute Gasteiger partial charge is 0.419 e. The van der Waals surface area contributed by atoms with E-state index in [1.165, 1.54) is 0 Å². The standard InChI is InChI=1S/C20H26N4O2/c1-5-23(6-2)19(25)13-24-16-10-8-7-9-15(16)12-17(24)20-22-21-18(26-20)11-14(3)4/h7-10,12,14H,5-6,11,13H2,1-4H3. The molecule has 0 radical (unpaired) electrons. The van der Waals surface area contributed by atoms with Crippen LogP contribution in [0.4, 0.5) is 0 Å². The Bertz CT molecular complexity index is 890. The molecule has 0 aliphatic carbocycles. The van der Waals surface area contributed by atoms with Gasteiger partial charge in [0.05, 0.1) is 0 Å². The van der Waals surface area contributed by atoms with E-state index in [4.69, 9.17) is 4.42 Å². The second-order valence-corrected chi connectivity index (χ2v) is 6.84. The van der Waals surface area contributed by atoms with Gasteiger partial charge in [-0.05, 0) is 31.9 Å². The SMILES string of the molecule is CCN(CC)C(=O)Cn1c(-c2nnc(CC(C)C)o2)cc2ccccc21. The summed E-state index contributed by atoms with van der Waals surface area (Å²) in [5.74, 6) is 1.61. The van der Waals surface area contributed by atoms with E-state index in [-0.39, 0.29) is 12.5 Å². The molecule has 3 rings (SSSR count). The third-order valence-electron chi connectivity index (χ3n) is 4.49. The number of carbonyl (C=O) groups is 1. The van der Waals surface area contributed by atoms with Crippen LogP contribution in [0.1, 0.15) is 33.6 Å². The summed E-state index contributed by atoms with van der Waals surface area (Å²) in [6.45, 7) is 9.87. The molecular weight excluding hydrogens is 328 g/mol. The van der Waals surface area contributed by atoms with Crippen LogP contribution in [-0.2, 0) is 17.8 Å². The zero-order valence-corrected chi connectivity index (χ0v) is 15.9. The van der Waals surface area contributed by atoms with E-state index < -0.39 is 0 Å². The highest BCUT2D eigenvalue weighted by Crippen LogP contribution is 2.28. The van der Waals surface area contributed by atoms with Gasteiger partial charge < -0.3 is 13.9 Å². The fraction of sp³-hybridized carbons (Fsp3) is 0.450. The monoisotopic (exact) mass is 354 g/mol. The van der Waals surface area contributed by atoms with Crippen LogP contribution in [0, 0.1) is 5.92 Å². The van der Waals surface area contributed by atoms with E-state index in [2.05, 4.69) is 24.0 Å². The van der Waals surface area contributed by atoms with Gasteiger partial charge >= 0.3 is 0 Å². The maximum Gasteiger partial charge on any atom is 0.264 e. The number of aromatic nitrogens is 3. The lowest BCUT2D eigenvalue weighted by atomic mass is 10.1. The average molecular weight is 354 g/mol. The lowest BCUT2D eigenvalue weighted by Crippen LogP contribution is -2.33. The molecule has 6 nitrogen and oxygen atoms in total. The number of rotatable bonds is 7. The number of amides is 1. The molecule has 2 heterocycles. The molecular formula is C20H26N4O2. The molecule has 26 heavy (non-hydrogen) atoms. The lowest BCUT2D eigenvalue weighted by molar-refractivity contribution is -0.131. The first-order chi connectivity index (χ1) is 12.5. The molecule has 0 unspecified atom stereocenters. The van der Waals surface area contributed by atoms with E-state index in [9.17, 15) is 4.79 Å². The molecule has 138 valence electrons. The number of nitrogens with zero attached hydrogens (tertiary/aromatic N) is 4. The van der Waals surface area contributed by atoms with Gasteiger partial charge in [-0.3, -0.25) is 4.79 Å². The molecule has 0 saturated carbocycles. The van der Waals surface area contributed by atoms with Crippen LogP contribution < -0.4 is 0 Å². The molecule has 0 saturated heterocycles. The molecule has 6 heteroatoms. The third-order valence-corrected chi connectivity index (χ3v) is 4.49. The van der Waals surface area contributed by atoms with Crippen LogP contribution >= 0.6 is 0 Å². The fourth-order valence-corrected chi connectivity index (χ4v) is 3.16. The molecule has 0 bridgehead atoms. The Morgan fingerprint density at radius 3 is 2.62 bits per heavy atom. The number of fused-ring (bicyclic) bond motifs is 1. The van der Waals surface area contributed by atoms with Crippen molar-refractivity contribution in [1.82, 2.24) is 19.7 Å². The highest BCUT2D eigenvalue weighted by molar-refractivity contribution is 5.88. The van der Waals surface area contributed by atoms with Gasteiger partial charge in [-0.25, -0.2) is 0 Å². The van der Waals surface area contributed by atoms with Crippen LogP contribution in [0.3, 0.4) is 0 Å². The minimum atomic E-state index is 0.0829. The first-order valence-electron chi connectivity index (χ1n) is 9.22. The highest BCUT2D eigenvalue weighted by atomic mass is 16.4. The predicted molar refractivity (Wildman–Crippen MR) is 102 cm³/mol. The number of benzene rings is 1. The quantitative estimate of drug-likeness (QED) is 0.648. The van der Waals surface area contributed by atoms with Gasteiger partial charge in [0.2, 0.25) is 11.8 Å². The Hall–Kier alpha value is -2.63. The third kappa shape index (κ3) is 3.64. The molecule has 3 aromatic rings. The molecule has 1 amide bonds. The highest BCUT2D eigenvalue weighted by Gasteiger charge is 2.20. The van der Waals surface area contributed by atoms with Crippen LogP contribution in [0.5, 0.6) is 0 Å². The Labute approximate surface area is 153 Å². The molecule has 0 atom stereocenters. The summed E-state index contributed by atoms with van der Waals surface area (Å²) in [6.07, 6.45) is 0.742. The van der Waals surface area contributed by atoms with E-state index in [1.807, 2.05) is 53.6 Å². The summed E-state index contributed by atoms with van der Waals surface area (Å²) in [6, 6.07) is 10.0. The second kappa shape index (κ2) is 7.72. The Morgan fingerprint density at radius 2 is 1.92 bits per heavy atom. The Balaban J connectivity index is 2.02. The van der Waals surface area contributed by atoms with Crippen molar-refractivity contribution in [1.29, 1.82) is 0 Å². The molecule has 0 aliphatic heterocycles. The van der Waals surface area contributed by atoms with Gasteiger partial charge in [-0.2, -0.15) is 0 Å². The summed E-state index contributed by atoms with van der Waals surface area (Å²) in [7, 11) is 0. The Morgan fingerprint density at radius 1 is 1.19 bits per heavy atom. The van der Waals surface area contributed by atoms with Gasteiger partial charge in [0, 0.05) is 30.4 Å². The molecule has 0 spiro atoms. The predicted octanol–water partition coefficient (Wildman–Crippen LogP) is 3.76. The number of carbonyl (C=O) groups excluding carboxylic acids is 1. The lowest BCUT2D eigenvalue weighted by Gasteiger charge is -2.19. The zero-order chi connectivity index (χ0) is 18.7. The summed E-state index contributed by atoms with van der Waals surface area (Å²) < 4.78 is 7.85. The molecule has 0 fully saturated rings. The van der Waals surface area contributed by atoms with Gasteiger partial charge in [0.1, 0.15) is 12.2 Å². The molecule has 2 aromatic heterocycles.